The number of halogens is 3. The van der Waals surface area contributed by atoms with Crippen molar-refractivity contribution in [2.75, 3.05) is 13.3 Å². The molecule has 0 saturated heterocycles. The largest absolute Gasteiger partial charge is 0.494 e. The van der Waals surface area contributed by atoms with Gasteiger partial charge < -0.3 is 14.6 Å². The van der Waals surface area contributed by atoms with Crippen LogP contribution in [0, 0.1) is 0 Å². The average Bonchev–Trinajstić information content (AvgIpc) is 2.61. The van der Waals surface area contributed by atoms with Gasteiger partial charge in [-0.25, -0.2) is 4.79 Å². The highest BCUT2D eigenvalue weighted by Crippen LogP contribution is 2.32. The zero-order chi connectivity index (χ0) is 19.0. The molecule has 2 rings (SSSR count). The molecule has 0 fully saturated rings. The van der Waals surface area contributed by atoms with Crippen molar-refractivity contribution in [3.8, 4) is 11.5 Å². The van der Waals surface area contributed by atoms with E-state index in [1.54, 1.807) is 0 Å². The van der Waals surface area contributed by atoms with Gasteiger partial charge in [-0.15, -0.1) is 0 Å². The molecule has 0 aliphatic carbocycles. The Labute approximate surface area is 148 Å². The first kappa shape index (κ1) is 19.4. The summed E-state index contributed by atoms with van der Waals surface area (Å²) in [4.78, 5) is 10.4. The number of benzene rings is 2. The van der Waals surface area contributed by atoms with Crippen LogP contribution in [0.15, 0.2) is 54.6 Å². The van der Waals surface area contributed by atoms with Crippen molar-refractivity contribution in [3.63, 3.8) is 0 Å². The van der Waals surface area contributed by atoms with E-state index in [9.17, 15) is 18.0 Å². The summed E-state index contributed by atoms with van der Waals surface area (Å²) >= 11 is 0. The van der Waals surface area contributed by atoms with Crippen LogP contribution in [0.3, 0.4) is 0 Å². The van der Waals surface area contributed by atoms with Crippen LogP contribution < -0.4 is 9.47 Å². The molecule has 4 nitrogen and oxygen atoms in total. The van der Waals surface area contributed by atoms with E-state index in [1.165, 1.54) is 54.6 Å². The minimum atomic E-state index is -3.56. The topological polar surface area (TPSA) is 55.8 Å². The molecule has 0 bridgehead atoms. The number of rotatable bonds is 9. The second kappa shape index (κ2) is 8.94. The lowest BCUT2D eigenvalue weighted by atomic mass is 10.2. The molecular weight excluding hydrogens is 349 g/mol. The van der Waals surface area contributed by atoms with Crippen molar-refractivity contribution in [1.82, 2.24) is 0 Å². The van der Waals surface area contributed by atoms with Gasteiger partial charge in [-0.1, -0.05) is 12.1 Å². The lowest BCUT2D eigenvalue weighted by molar-refractivity contribution is -0.185. The Morgan fingerprint density at radius 1 is 1.04 bits per heavy atom. The van der Waals surface area contributed by atoms with E-state index < -0.39 is 18.8 Å². The van der Waals surface area contributed by atoms with Crippen LogP contribution in [0.1, 0.15) is 17.5 Å². The molecule has 0 saturated carbocycles. The number of hydrogen-bond donors (Lipinski definition) is 1. The van der Waals surface area contributed by atoms with Crippen LogP contribution >= 0.6 is 0 Å². The van der Waals surface area contributed by atoms with Gasteiger partial charge in [-0.05, 0) is 48.0 Å². The summed E-state index contributed by atoms with van der Waals surface area (Å²) in [6.07, 6.45) is -1.04. The highest BCUT2D eigenvalue weighted by atomic mass is 19.3. The third-order valence-electron chi connectivity index (χ3n) is 3.28. The molecule has 0 aromatic heterocycles. The van der Waals surface area contributed by atoms with Gasteiger partial charge in [0.05, 0.1) is 18.8 Å². The lowest BCUT2D eigenvalue weighted by Gasteiger charge is -2.18. The third kappa shape index (κ3) is 5.84. The Morgan fingerprint density at radius 3 is 2.23 bits per heavy atom. The number of carbonyl (C=O) groups is 1. The number of hydrogen-bond acceptors (Lipinski definition) is 3. The maximum absolute atomic E-state index is 14.2. The summed E-state index contributed by atoms with van der Waals surface area (Å²) in [5, 5.41) is 8.55. The van der Waals surface area contributed by atoms with Crippen molar-refractivity contribution in [3.05, 3.63) is 65.7 Å². The lowest BCUT2D eigenvalue weighted by Crippen LogP contribution is -2.21. The molecule has 0 heterocycles. The molecule has 0 spiro atoms. The SMILES string of the molecule is O=C(O)/C=C/c1ccc(OC(F)(F)c2ccc(OCCCF)cc2)cc1. The fourth-order valence-corrected chi connectivity index (χ4v) is 2.01. The quantitative estimate of drug-likeness (QED) is 0.518. The van der Waals surface area contributed by atoms with Gasteiger partial charge in [0, 0.05) is 12.5 Å². The number of carboxylic acids is 1. The molecule has 2 aromatic rings. The van der Waals surface area contributed by atoms with E-state index >= 15 is 0 Å². The summed E-state index contributed by atoms with van der Waals surface area (Å²) in [7, 11) is 0. The van der Waals surface area contributed by atoms with Crippen LogP contribution in [0.5, 0.6) is 11.5 Å². The minimum absolute atomic E-state index is 0.0641. The second-order valence-electron chi connectivity index (χ2n) is 5.27. The molecule has 0 atom stereocenters. The Bertz CT molecular complexity index is 740. The summed E-state index contributed by atoms with van der Waals surface area (Å²) in [5.41, 5.74) is 0.183. The number of alkyl halides is 3. The first-order valence-corrected chi connectivity index (χ1v) is 7.78. The Balaban J connectivity index is 2.02. The van der Waals surface area contributed by atoms with Crippen molar-refractivity contribution in [2.24, 2.45) is 0 Å². The molecule has 138 valence electrons. The molecule has 0 unspecified atom stereocenters. The fourth-order valence-electron chi connectivity index (χ4n) is 2.01. The number of carboxylic acid groups (broad SMARTS) is 1. The molecule has 0 aliphatic rings. The van der Waals surface area contributed by atoms with Crippen LogP contribution in [-0.2, 0) is 10.9 Å². The van der Waals surface area contributed by atoms with E-state index in [0.29, 0.717) is 11.3 Å². The average molecular weight is 366 g/mol. The van der Waals surface area contributed by atoms with Crippen LogP contribution in [0.2, 0.25) is 0 Å². The summed E-state index contributed by atoms with van der Waals surface area (Å²) in [6, 6.07) is 10.7. The second-order valence-corrected chi connectivity index (χ2v) is 5.27. The Hall–Kier alpha value is -2.96. The maximum atomic E-state index is 14.2. The van der Waals surface area contributed by atoms with E-state index in [0.717, 1.165) is 6.08 Å². The first-order valence-electron chi connectivity index (χ1n) is 7.78. The molecule has 26 heavy (non-hydrogen) atoms. The molecule has 0 aliphatic heterocycles. The van der Waals surface area contributed by atoms with Gasteiger partial charge >= 0.3 is 12.1 Å². The van der Waals surface area contributed by atoms with Crippen molar-refractivity contribution in [2.45, 2.75) is 12.5 Å². The molecular formula is C19H17F3O4. The molecule has 7 heteroatoms. The van der Waals surface area contributed by atoms with Crippen LogP contribution in [0.4, 0.5) is 13.2 Å². The molecule has 1 N–H and O–H groups in total. The standard InChI is InChI=1S/C19H17F3O4/c20-12-1-13-25-16-9-5-15(6-10-16)19(21,22)26-17-7-2-14(3-8-17)4-11-18(23)24/h2-11H,1,12-13H2,(H,23,24)/b11-4+. The summed E-state index contributed by atoms with van der Waals surface area (Å²) in [5.74, 6) is -0.799. The molecule has 2 aromatic carbocycles. The summed E-state index contributed by atoms with van der Waals surface area (Å²) < 4.78 is 50.4. The smallest absolute Gasteiger partial charge is 0.426 e. The van der Waals surface area contributed by atoms with Gasteiger partial charge in [-0.2, -0.15) is 8.78 Å². The van der Waals surface area contributed by atoms with Crippen molar-refractivity contribution in [1.29, 1.82) is 0 Å². The van der Waals surface area contributed by atoms with Crippen LogP contribution in [0.25, 0.3) is 6.08 Å². The van der Waals surface area contributed by atoms with Crippen molar-refractivity contribution >= 4 is 12.0 Å². The van der Waals surface area contributed by atoms with E-state index in [2.05, 4.69) is 0 Å². The van der Waals surface area contributed by atoms with Crippen molar-refractivity contribution < 1.29 is 32.5 Å². The maximum Gasteiger partial charge on any atom is 0.426 e. The minimum Gasteiger partial charge on any atom is -0.494 e. The van der Waals surface area contributed by atoms with E-state index in [-0.39, 0.29) is 24.3 Å². The monoisotopic (exact) mass is 366 g/mol. The zero-order valence-corrected chi connectivity index (χ0v) is 13.7. The fraction of sp³-hybridized carbons (Fsp3) is 0.211. The predicted octanol–water partition coefficient (Wildman–Crippen LogP) is 4.65. The third-order valence-corrected chi connectivity index (χ3v) is 3.28. The number of aliphatic carboxylic acids is 1. The molecule has 0 amide bonds. The van der Waals surface area contributed by atoms with Gasteiger partial charge in [-0.3, -0.25) is 4.39 Å². The van der Waals surface area contributed by atoms with E-state index in [4.69, 9.17) is 14.6 Å². The Kier molecular flexibility index (Phi) is 6.66. The first-order chi connectivity index (χ1) is 12.4. The van der Waals surface area contributed by atoms with Gasteiger partial charge in [0.2, 0.25) is 0 Å². The molecule has 0 radical (unpaired) electrons. The highest BCUT2D eigenvalue weighted by molar-refractivity contribution is 5.85. The number of ether oxygens (including phenoxy) is 2. The van der Waals surface area contributed by atoms with E-state index in [1.807, 2.05) is 0 Å². The van der Waals surface area contributed by atoms with Gasteiger partial charge in [0.1, 0.15) is 11.5 Å². The normalized spacial score (nSPS) is 11.5. The summed E-state index contributed by atoms with van der Waals surface area (Å²) in [6.45, 7) is -0.333. The predicted molar refractivity (Wildman–Crippen MR) is 90.2 cm³/mol. The van der Waals surface area contributed by atoms with Crippen LogP contribution in [-0.4, -0.2) is 24.4 Å². The van der Waals surface area contributed by atoms with Gasteiger partial charge in [0.25, 0.3) is 0 Å². The Morgan fingerprint density at radius 2 is 1.65 bits per heavy atom. The van der Waals surface area contributed by atoms with Gasteiger partial charge in [0.15, 0.2) is 0 Å². The highest BCUT2D eigenvalue weighted by Gasteiger charge is 2.34. The zero-order valence-electron chi connectivity index (χ0n) is 13.7.